The number of aromatic nitrogens is 2. The summed E-state index contributed by atoms with van der Waals surface area (Å²) >= 11 is 5.33. The molecule has 24 heavy (non-hydrogen) atoms. The summed E-state index contributed by atoms with van der Waals surface area (Å²) in [5, 5.41) is 4.43. The number of fused-ring (bicyclic) bond motifs is 1. The number of benzene rings is 2. The molecule has 5 nitrogen and oxygen atoms in total. The van der Waals surface area contributed by atoms with Crippen LogP contribution in [0.5, 0.6) is 11.5 Å². The van der Waals surface area contributed by atoms with Gasteiger partial charge in [0.25, 0.3) is 0 Å². The van der Waals surface area contributed by atoms with Gasteiger partial charge in [0.2, 0.25) is 0 Å². The van der Waals surface area contributed by atoms with Crippen LogP contribution in [0.3, 0.4) is 0 Å². The molecule has 0 saturated carbocycles. The van der Waals surface area contributed by atoms with Crippen LogP contribution in [0.1, 0.15) is 5.56 Å². The number of hydrogen-bond donors (Lipinski definition) is 1. The van der Waals surface area contributed by atoms with Gasteiger partial charge in [0.15, 0.2) is 16.3 Å². The Morgan fingerprint density at radius 1 is 1.04 bits per heavy atom. The molecule has 120 valence electrons. The summed E-state index contributed by atoms with van der Waals surface area (Å²) in [6, 6.07) is 15.7. The lowest BCUT2D eigenvalue weighted by Gasteiger charge is -2.18. The lowest BCUT2D eigenvalue weighted by Crippen LogP contribution is -2.15. The van der Waals surface area contributed by atoms with E-state index in [4.69, 9.17) is 21.7 Å². The highest BCUT2D eigenvalue weighted by atomic mass is 32.1. The number of nitrogens with one attached hydrogen (secondary N) is 1. The Morgan fingerprint density at radius 3 is 2.67 bits per heavy atom. The monoisotopic (exact) mass is 337 g/mol. The Balaban J connectivity index is 1.60. The lowest BCUT2D eigenvalue weighted by atomic mass is 10.2. The van der Waals surface area contributed by atoms with E-state index in [0.717, 1.165) is 28.3 Å². The molecular formula is C18H15N3O2S. The van der Waals surface area contributed by atoms with Gasteiger partial charge in [-0.3, -0.25) is 0 Å². The predicted molar refractivity (Wildman–Crippen MR) is 95.5 cm³/mol. The highest BCUT2D eigenvalue weighted by Crippen LogP contribution is 2.30. The van der Waals surface area contributed by atoms with Crippen molar-refractivity contribution < 1.29 is 9.47 Å². The Labute approximate surface area is 144 Å². The number of ether oxygens (including phenoxy) is 2. The van der Waals surface area contributed by atoms with E-state index in [1.165, 1.54) is 0 Å². The Hall–Kier alpha value is -2.86. The highest BCUT2D eigenvalue weighted by molar-refractivity contribution is 7.71. The van der Waals surface area contributed by atoms with Crippen LogP contribution >= 0.6 is 12.2 Å². The number of aromatic amines is 1. The second-order valence-electron chi connectivity index (χ2n) is 5.33. The van der Waals surface area contributed by atoms with Crippen LogP contribution in [-0.4, -0.2) is 29.1 Å². The largest absolute Gasteiger partial charge is 0.486 e. The molecule has 3 aromatic rings. The maximum Gasteiger partial charge on any atom is 0.198 e. The molecule has 0 bridgehead atoms. The normalized spacial score (nSPS) is 13.3. The van der Waals surface area contributed by atoms with Crippen molar-refractivity contribution in [2.24, 2.45) is 5.10 Å². The quantitative estimate of drug-likeness (QED) is 0.583. The van der Waals surface area contributed by atoms with E-state index in [0.29, 0.717) is 18.0 Å². The zero-order valence-electron chi connectivity index (χ0n) is 12.8. The van der Waals surface area contributed by atoms with Gasteiger partial charge < -0.3 is 14.5 Å². The molecule has 2 heterocycles. The smallest absolute Gasteiger partial charge is 0.198 e. The summed E-state index contributed by atoms with van der Waals surface area (Å²) < 4.78 is 13.3. The molecule has 6 heteroatoms. The number of H-pyrrole nitrogens is 1. The first-order chi connectivity index (χ1) is 11.8. The van der Waals surface area contributed by atoms with Crippen molar-refractivity contribution in [3.63, 3.8) is 0 Å². The van der Waals surface area contributed by atoms with E-state index in [2.05, 4.69) is 10.1 Å². The third kappa shape index (κ3) is 2.96. The molecule has 4 rings (SSSR count). The first kappa shape index (κ1) is 14.7. The maximum absolute atomic E-state index is 5.58. The molecule has 0 unspecified atom stereocenters. The van der Waals surface area contributed by atoms with Gasteiger partial charge in [-0.05, 0) is 41.5 Å². The van der Waals surface area contributed by atoms with Crippen LogP contribution in [0.25, 0.3) is 11.3 Å². The molecule has 0 fully saturated rings. The third-order valence-corrected chi connectivity index (χ3v) is 3.97. The zero-order chi connectivity index (χ0) is 16.4. The first-order valence-electron chi connectivity index (χ1n) is 7.61. The molecule has 1 aliphatic heterocycles. The fourth-order valence-electron chi connectivity index (χ4n) is 2.50. The molecular weight excluding hydrogens is 322 g/mol. The summed E-state index contributed by atoms with van der Waals surface area (Å²) in [4.78, 5) is 3.17. The molecule has 0 radical (unpaired) electrons. The van der Waals surface area contributed by atoms with Crippen LogP contribution in [-0.2, 0) is 0 Å². The molecule has 2 aromatic carbocycles. The number of imidazole rings is 1. The molecule has 0 amide bonds. The van der Waals surface area contributed by atoms with E-state index >= 15 is 0 Å². The van der Waals surface area contributed by atoms with Crippen molar-refractivity contribution in [3.8, 4) is 22.8 Å². The lowest BCUT2D eigenvalue weighted by molar-refractivity contribution is 0.171. The summed E-state index contributed by atoms with van der Waals surface area (Å²) in [6.07, 6.45) is 3.63. The maximum atomic E-state index is 5.58. The molecule has 0 aliphatic carbocycles. The van der Waals surface area contributed by atoms with Crippen LogP contribution in [0.4, 0.5) is 0 Å². The Kier molecular flexibility index (Phi) is 3.88. The third-order valence-electron chi connectivity index (χ3n) is 3.68. The first-order valence-corrected chi connectivity index (χ1v) is 8.01. The van der Waals surface area contributed by atoms with Crippen molar-refractivity contribution in [1.29, 1.82) is 0 Å². The van der Waals surface area contributed by atoms with Crippen molar-refractivity contribution in [2.45, 2.75) is 0 Å². The summed E-state index contributed by atoms with van der Waals surface area (Å²) in [7, 11) is 0. The average Bonchev–Trinajstić information content (AvgIpc) is 3.01. The molecule has 0 saturated heterocycles. The molecule has 1 aliphatic rings. The van der Waals surface area contributed by atoms with E-state index < -0.39 is 0 Å². The van der Waals surface area contributed by atoms with Gasteiger partial charge >= 0.3 is 0 Å². The highest BCUT2D eigenvalue weighted by Gasteiger charge is 2.11. The van der Waals surface area contributed by atoms with Gasteiger partial charge in [-0.15, -0.1) is 0 Å². The van der Waals surface area contributed by atoms with E-state index in [-0.39, 0.29) is 0 Å². The summed E-state index contributed by atoms with van der Waals surface area (Å²) in [5.41, 5.74) is 2.92. The molecule has 1 N–H and O–H groups in total. The van der Waals surface area contributed by atoms with Crippen molar-refractivity contribution in [1.82, 2.24) is 9.66 Å². The van der Waals surface area contributed by atoms with Crippen LogP contribution in [0, 0.1) is 4.77 Å². The predicted octanol–water partition coefficient (Wildman–Crippen LogP) is 3.87. The van der Waals surface area contributed by atoms with Crippen molar-refractivity contribution in [2.75, 3.05) is 13.2 Å². The number of nitrogens with zero attached hydrogens (tertiary/aromatic N) is 2. The Morgan fingerprint density at radius 2 is 1.83 bits per heavy atom. The van der Waals surface area contributed by atoms with Crippen LogP contribution in [0.2, 0.25) is 0 Å². The van der Waals surface area contributed by atoms with Crippen molar-refractivity contribution >= 4 is 18.4 Å². The van der Waals surface area contributed by atoms with Crippen LogP contribution < -0.4 is 9.47 Å². The molecule has 1 aromatic heterocycles. The SMILES string of the molecule is S=c1[nH]c(-c2ccccc2)cn1/N=C/c1ccc2c(c1)OCCO2. The van der Waals surface area contributed by atoms with E-state index in [1.807, 2.05) is 54.7 Å². The van der Waals surface area contributed by atoms with Gasteiger partial charge in [-0.25, -0.2) is 4.68 Å². The minimum atomic E-state index is 0.544. The fraction of sp³-hybridized carbons (Fsp3) is 0.111. The zero-order valence-corrected chi connectivity index (χ0v) is 13.6. The van der Waals surface area contributed by atoms with Gasteiger partial charge in [0, 0.05) is 0 Å². The second-order valence-corrected chi connectivity index (χ2v) is 5.72. The van der Waals surface area contributed by atoms with E-state index in [9.17, 15) is 0 Å². The average molecular weight is 337 g/mol. The van der Waals surface area contributed by atoms with Gasteiger partial charge in [0.1, 0.15) is 13.2 Å². The number of hydrogen-bond acceptors (Lipinski definition) is 4. The van der Waals surface area contributed by atoms with E-state index in [1.54, 1.807) is 10.9 Å². The topological polar surface area (TPSA) is 51.5 Å². The molecule has 0 spiro atoms. The van der Waals surface area contributed by atoms with Gasteiger partial charge in [-0.1, -0.05) is 30.3 Å². The second kappa shape index (κ2) is 6.33. The fourth-order valence-corrected chi connectivity index (χ4v) is 2.71. The summed E-state index contributed by atoms with van der Waals surface area (Å²) in [5.74, 6) is 1.51. The molecule has 0 atom stereocenters. The van der Waals surface area contributed by atoms with Gasteiger partial charge in [-0.2, -0.15) is 5.10 Å². The van der Waals surface area contributed by atoms with Crippen molar-refractivity contribution in [3.05, 3.63) is 65.1 Å². The minimum absolute atomic E-state index is 0.544. The van der Waals surface area contributed by atoms with Gasteiger partial charge in [0.05, 0.1) is 18.1 Å². The Bertz CT molecular complexity index is 944. The number of rotatable bonds is 3. The standard InChI is InChI=1S/C18H15N3O2S/c24-18-20-15(14-4-2-1-3-5-14)12-21(18)19-11-13-6-7-16-17(10-13)23-9-8-22-16/h1-7,10-12H,8-9H2,(H,20,24)/b19-11+. The van der Waals surface area contributed by atoms with Crippen LogP contribution in [0.15, 0.2) is 59.8 Å². The minimum Gasteiger partial charge on any atom is -0.486 e. The summed E-state index contributed by atoms with van der Waals surface area (Å²) in [6.45, 7) is 1.15.